The number of aromatic nitrogens is 1. The summed E-state index contributed by atoms with van der Waals surface area (Å²) < 4.78 is 0.780. The van der Waals surface area contributed by atoms with Crippen LogP contribution in [0.25, 0.3) is 0 Å². The van der Waals surface area contributed by atoms with Gasteiger partial charge in [-0.3, -0.25) is 0 Å². The first-order valence-corrected chi connectivity index (χ1v) is 2.44. The number of H-pyrrole nitrogens is 1. The number of nitrogens with one attached hydrogen (secondary N) is 1. The molecular formula is C5H5BaNS. The topological polar surface area (TPSA) is 15.8 Å². The Morgan fingerprint density at radius 2 is 2.12 bits per heavy atom. The average molecular weight is 248 g/mol. The van der Waals surface area contributed by atoms with Gasteiger partial charge in [0.15, 0.2) is 0 Å². The van der Waals surface area contributed by atoms with Gasteiger partial charge in [0, 0.05) is 55.1 Å². The van der Waals surface area contributed by atoms with E-state index < -0.39 is 0 Å². The summed E-state index contributed by atoms with van der Waals surface area (Å²) in [5, 5.41) is 0. The van der Waals surface area contributed by atoms with Crippen molar-refractivity contribution in [2.24, 2.45) is 0 Å². The van der Waals surface area contributed by atoms with E-state index in [1.54, 1.807) is 0 Å². The molecular weight excluding hydrogens is 243 g/mol. The summed E-state index contributed by atoms with van der Waals surface area (Å²) in [5.41, 5.74) is 0. The van der Waals surface area contributed by atoms with Crippen LogP contribution in [0.5, 0.6) is 0 Å². The van der Waals surface area contributed by atoms with Gasteiger partial charge in [0.05, 0.1) is 0 Å². The first-order chi connectivity index (χ1) is 3.39. The monoisotopic (exact) mass is 249 g/mol. The Bertz CT molecular complexity index is 178. The Morgan fingerprint density at radius 1 is 1.38 bits per heavy atom. The minimum absolute atomic E-state index is 0. The number of hydrogen-bond acceptors (Lipinski definition) is 1. The van der Waals surface area contributed by atoms with Crippen LogP contribution in [0.3, 0.4) is 0 Å². The quantitative estimate of drug-likeness (QED) is 0.541. The Kier molecular flexibility index (Phi) is 5.35. The van der Waals surface area contributed by atoms with Crippen molar-refractivity contribution in [2.45, 2.75) is 0 Å². The number of pyridine rings is 1. The Hall–Kier alpha value is 0.941. The molecule has 0 unspecified atom stereocenters. The van der Waals surface area contributed by atoms with E-state index in [1.807, 2.05) is 24.4 Å². The fourth-order valence-corrected chi connectivity index (χ4v) is 0.523. The minimum atomic E-state index is 0. The molecule has 8 heavy (non-hydrogen) atoms. The van der Waals surface area contributed by atoms with Crippen molar-refractivity contribution >= 4 is 61.1 Å². The van der Waals surface area contributed by atoms with Gasteiger partial charge < -0.3 is 4.98 Å². The SMILES string of the molecule is S=c1cccc[nH]1.[Ba]. The summed E-state index contributed by atoms with van der Waals surface area (Å²) in [6.07, 6.45) is 1.81. The molecule has 0 aliphatic carbocycles. The van der Waals surface area contributed by atoms with Gasteiger partial charge in [0.1, 0.15) is 4.64 Å². The van der Waals surface area contributed by atoms with Crippen LogP contribution in [0.4, 0.5) is 0 Å². The van der Waals surface area contributed by atoms with Crippen LogP contribution in [0, 0.1) is 4.64 Å². The molecule has 2 radical (unpaired) electrons. The molecule has 0 spiro atoms. The van der Waals surface area contributed by atoms with Gasteiger partial charge in [-0.1, -0.05) is 18.3 Å². The molecule has 1 rings (SSSR count). The number of aromatic amines is 1. The summed E-state index contributed by atoms with van der Waals surface area (Å²) in [6, 6.07) is 5.64. The molecule has 0 aromatic carbocycles. The van der Waals surface area contributed by atoms with Crippen LogP contribution in [-0.2, 0) is 0 Å². The van der Waals surface area contributed by atoms with Crippen molar-refractivity contribution in [3.8, 4) is 0 Å². The largest absolute Gasteiger partial charge is 0.353 e. The summed E-state index contributed by atoms with van der Waals surface area (Å²) in [7, 11) is 0. The summed E-state index contributed by atoms with van der Waals surface area (Å²) in [6.45, 7) is 0. The zero-order chi connectivity index (χ0) is 5.11. The molecule has 0 aliphatic heterocycles. The fraction of sp³-hybridized carbons (Fsp3) is 0. The molecule has 0 amide bonds. The van der Waals surface area contributed by atoms with Gasteiger partial charge in [0.25, 0.3) is 0 Å². The maximum Gasteiger partial charge on any atom is 0.103 e. The van der Waals surface area contributed by atoms with E-state index in [9.17, 15) is 0 Å². The summed E-state index contributed by atoms with van der Waals surface area (Å²) in [5.74, 6) is 0. The minimum Gasteiger partial charge on any atom is -0.353 e. The normalized spacial score (nSPS) is 7.50. The predicted octanol–water partition coefficient (Wildman–Crippen LogP) is 1.36. The molecule has 1 aromatic rings. The standard InChI is InChI=1S/C5H5NS.Ba/c7-5-3-1-2-4-6-5;/h1-4H,(H,6,7);. The summed E-state index contributed by atoms with van der Waals surface area (Å²) in [4.78, 5) is 2.85. The van der Waals surface area contributed by atoms with E-state index in [0.717, 1.165) is 4.64 Å². The van der Waals surface area contributed by atoms with Crippen LogP contribution in [-0.4, -0.2) is 53.9 Å². The van der Waals surface area contributed by atoms with Crippen LogP contribution in [0.2, 0.25) is 0 Å². The third kappa shape index (κ3) is 3.06. The van der Waals surface area contributed by atoms with Crippen molar-refractivity contribution in [1.82, 2.24) is 4.98 Å². The van der Waals surface area contributed by atoms with E-state index in [0.29, 0.717) is 0 Å². The molecule has 0 fully saturated rings. The van der Waals surface area contributed by atoms with E-state index >= 15 is 0 Å². The van der Waals surface area contributed by atoms with Crippen LogP contribution in [0.1, 0.15) is 0 Å². The molecule has 0 saturated carbocycles. The Labute approximate surface area is 93.6 Å². The predicted molar refractivity (Wildman–Crippen MR) is 37.4 cm³/mol. The van der Waals surface area contributed by atoms with Crippen LogP contribution in [0.15, 0.2) is 24.4 Å². The Morgan fingerprint density at radius 3 is 2.38 bits per heavy atom. The molecule has 1 N–H and O–H groups in total. The smallest absolute Gasteiger partial charge is 0.103 e. The van der Waals surface area contributed by atoms with Gasteiger partial charge >= 0.3 is 0 Å². The summed E-state index contributed by atoms with van der Waals surface area (Å²) >= 11 is 4.76. The van der Waals surface area contributed by atoms with Crippen molar-refractivity contribution < 1.29 is 0 Å². The maximum absolute atomic E-state index is 4.76. The number of hydrogen-bond donors (Lipinski definition) is 1. The van der Waals surface area contributed by atoms with Gasteiger partial charge in [-0.2, -0.15) is 0 Å². The van der Waals surface area contributed by atoms with Crippen molar-refractivity contribution in [2.75, 3.05) is 0 Å². The average Bonchev–Trinajstić information content (AvgIpc) is 1.69. The third-order valence-corrected chi connectivity index (χ3v) is 0.934. The molecule has 38 valence electrons. The van der Waals surface area contributed by atoms with Crippen LogP contribution >= 0.6 is 12.2 Å². The van der Waals surface area contributed by atoms with Crippen molar-refractivity contribution in [3.63, 3.8) is 0 Å². The zero-order valence-electron chi connectivity index (χ0n) is 4.42. The maximum atomic E-state index is 4.76. The molecule has 1 heterocycles. The van der Waals surface area contributed by atoms with Crippen LogP contribution < -0.4 is 0 Å². The zero-order valence-corrected chi connectivity index (χ0v) is 9.68. The fourth-order valence-electron chi connectivity index (χ4n) is 0.377. The molecule has 3 heteroatoms. The second-order valence-electron chi connectivity index (χ2n) is 1.23. The van der Waals surface area contributed by atoms with Gasteiger partial charge in [0.2, 0.25) is 0 Å². The van der Waals surface area contributed by atoms with Crippen molar-refractivity contribution in [3.05, 3.63) is 29.0 Å². The van der Waals surface area contributed by atoms with Crippen molar-refractivity contribution in [1.29, 1.82) is 0 Å². The van der Waals surface area contributed by atoms with E-state index in [2.05, 4.69) is 4.98 Å². The van der Waals surface area contributed by atoms with Gasteiger partial charge in [-0.05, 0) is 12.1 Å². The van der Waals surface area contributed by atoms with Gasteiger partial charge in [-0.15, -0.1) is 0 Å². The first-order valence-electron chi connectivity index (χ1n) is 2.03. The molecule has 0 atom stereocenters. The second-order valence-corrected chi connectivity index (χ2v) is 1.67. The second kappa shape index (κ2) is 4.79. The first kappa shape index (κ1) is 8.94. The molecule has 0 bridgehead atoms. The van der Waals surface area contributed by atoms with Gasteiger partial charge in [-0.25, -0.2) is 0 Å². The molecule has 1 aromatic heterocycles. The number of rotatable bonds is 0. The Balaban J connectivity index is 0.000000490. The van der Waals surface area contributed by atoms with E-state index in [-0.39, 0.29) is 48.9 Å². The molecule has 1 nitrogen and oxygen atoms in total. The third-order valence-electron chi connectivity index (χ3n) is 0.681. The molecule has 0 saturated heterocycles. The van der Waals surface area contributed by atoms with E-state index in [4.69, 9.17) is 12.2 Å². The van der Waals surface area contributed by atoms with E-state index in [1.165, 1.54) is 0 Å². The molecule has 0 aliphatic rings.